The van der Waals surface area contributed by atoms with Gasteiger partial charge in [0.25, 0.3) is 0 Å². The largest absolute Gasteiger partial charge is 0.497 e. The highest BCUT2D eigenvalue weighted by Gasteiger charge is 2.15. The molecule has 0 saturated heterocycles. The molecule has 1 amide bonds. The molecule has 1 N–H and O–H groups in total. The lowest BCUT2D eigenvalue weighted by molar-refractivity contribution is -0.113. The van der Waals surface area contributed by atoms with E-state index in [9.17, 15) is 4.79 Å². The molecular weight excluding hydrogens is 458 g/mol. The average Bonchev–Trinajstić information content (AvgIpc) is 3.48. The van der Waals surface area contributed by atoms with Crippen molar-refractivity contribution in [2.24, 2.45) is 0 Å². The predicted molar refractivity (Wildman–Crippen MR) is 130 cm³/mol. The van der Waals surface area contributed by atoms with Crippen LogP contribution < -0.4 is 14.8 Å². The molecule has 10 heteroatoms. The van der Waals surface area contributed by atoms with Gasteiger partial charge in [-0.1, -0.05) is 42.1 Å². The molecule has 0 radical (unpaired) electrons. The molecular formula is C23H23N5O3S2. The van der Waals surface area contributed by atoms with E-state index in [0.29, 0.717) is 28.4 Å². The fourth-order valence-electron chi connectivity index (χ4n) is 3.03. The molecule has 8 nitrogen and oxygen atoms in total. The summed E-state index contributed by atoms with van der Waals surface area (Å²) in [4.78, 5) is 16.9. The number of amides is 1. The normalized spacial score (nSPS) is 10.7. The molecule has 0 aliphatic rings. The van der Waals surface area contributed by atoms with Crippen LogP contribution in [0.25, 0.3) is 11.3 Å². The van der Waals surface area contributed by atoms with Gasteiger partial charge in [-0.05, 0) is 31.2 Å². The first-order valence-corrected chi connectivity index (χ1v) is 12.1. The lowest BCUT2D eigenvalue weighted by Crippen LogP contribution is -2.14. The molecule has 4 rings (SSSR count). The molecule has 0 saturated carbocycles. The van der Waals surface area contributed by atoms with Crippen molar-refractivity contribution in [3.63, 3.8) is 0 Å². The second kappa shape index (κ2) is 11.0. The fourth-order valence-corrected chi connectivity index (χ4v) is 4.59. The highest BCUT2D eigenvalue weighted by molar-refractivity contribution is 7.99. The van der Waals surface area contributed by atoms with Crippen LogP contribution in [0.1, 0.15) is 12.7 Å². The minimum absolute atomic E-state index is 0.143. The first kappa shape index (κ1) is 22.8. The third kappa shape index (κ3) is 5.91. The van der Waals surface area contributed by atoms with Crippen molar-refractivity contribution < 1.29 is 14.3 Å². The smallest absolute Gasteiger partial charge is 0.236 e. The number of carbonyl (C=O) groups is 1. The van der Waals surface area contributed by atoms with Crippen LogP contribution in [0.5, 0.6) is 11.5 Å². The summed E-state index contributed by atoms with van der Waals surface area (Å²) < 4.78 is 12.9. The predicted octanol–water partition coefficient (Wildman–Crippen LogP) is 4.74. The number of anilines is 1. The van der Waals surface area contributed by atoms with Crippen LogP contribution in [0.2, 0.25) is 0 Å². The molecule has 2 aromatic heterocycles. The number of nitrogens with zero attached hydrogens (tertiary/aromatic N) is 4. The zero-order valence-electron chi connectivity index (χ0n) is 18.2. The Balaban J connectivity index is 1.31. The monoisotopic (exact) mass is 481 g/mol. The van der Waals surface area contributed by atoms with E-state index in [1.165, 1.54) is 23.1 Å². The van der Waals surface area contributed by atoms with Crippen LogP contribution in [0, 0.1) is 0 Å². The summed E-state index contributed by atoms with van der Waals surface area (Å²) in [6, 6.07) is 17.2. The van der Waals surface area contributed by atoms with Crippen LogP contribution in [0.4, 0.5) is 5.13 Å². The Morgan fingerprint density at radius 2 is 1.85 bits per heavy atom. The Bertz CT molecular complexity index is 1190. The van der Waals surface area contributed by atoms with Crippen molar-refractivity contribution in [2.45, 2.75) is 25.2 Å². The van der Waals surface area contributed by atoms with Gasteiger partial charge in [0.1, 0.15) is 18.1 Å². The summed E-state index contributed by atoms with van der Waals surface area (Å²) >= 11 is 2.73. The van der Waals surface area contributed by atoms with Gasteiger partial charge in [0.15, 0.2) is 16.1 Å². The minimum atomic E-state index is -0.143. The van der Waals surface area contributed by atoms with Crippen LogP contribution in [0.3, 0.4) is 0 Å². The van der Waals surface area contributed by atoms with E-state index in [4.69, 9.17) is 9.47 Å². The number of nitrogens with one attached hydrogen (secondary N) is 1. The zero-order chi connectivity index (χ0) is 23.0. The van der Waals surface area contributed by atoms with Gasteiger partial charge in [-0.2, -0.15) is 0 Å². The topological polar surface area (TPSA) is 91.2 Å². The van der Waals surface area contributed by atoms with Gasteiger partial charge in [0.05, 0.1) is 18.6 Å². The van der Waals surface area contributed by atoms with Crippen LogP contribution in [-0.2, 0) is 17.9 Å². The van der Waals surface area contributed by atoms with E-state index in [1.54, 1.807) is 7.11 Å². The molecule has 0 spiro atoms. The summed E-state index contributed by atoms with van der Waals surface area (Å²) in [5.74, 6) is 2.25. The second-order valence-electron chi connectivity index (χ2n) is 6.85. The Labute approximate surface area is 200 Å². The number of rotatable bonds is 10. The molecule has 0 atom stereocenters. The van der Waals surface area contributed by atoms with E-state index >= 15 is 0 Å². The number of ether oxygens (including phenoxy) is 2. The van der Waals surface area contributed by atoms with Gasteiger partial charge >= 0.3 is 0 Å². The van der Waals surface area contributed by atoms with E-state index in [-0.39, 0.29) is 18.3 Å². The number of thioether (sulfide) groups is 1. The quantitative estimate of drug-likeness (QED) is 0.327. The van der Waals surface area contributed by atoms with Gasteiger partial charge in [-0.15, -0.1) is 21.5 Å². The Morgan fingerprint density at radius 1 is 1.09 bits per heavy atom. The number of aromatic nitrogens is 4. The van der Waals surface area contributed by atoms with Crippen molar-refractivity contribution in [3.8, 4) is 22.8 Å². The van der Waals surface area contributed by atoms with Crippen molar-refractivity contribution in [1.82, 2.24) is 19.7 Å². The van der Waals surface area contributed by atoms with Crippen molar-refractivity contribution >= 4 is 34.1 Å². The summed E-state index contributed by atoms with van der Waals surface area (Å²) in [6.45, 7) is 2.96. The molecule has 170 valence electrons. The van der Waals surface area contributed by atoms with E-state index in [2.05, 4.69) is 20.5 Å². The lowest BCUT2D eigenvalue weighted by Gasteiger charge is -2.09. The summed E-state index contributed by atoms with van der Waals surface area (Å²) in [6.07, 6.45) is 0. The minimum Gasteiger partial charge on any atom is -0.497 e. The number of benzene rings is 2. The highest BCUT2D eigenvalue weighted by Crippen LogP contribution is 2.25. The van der Waals surface area contributed by atoms with E-state index in [0.717, 1.165) is 17.0 Å². The Kier molecular flexibility index (Phi) is 7.59. The third-order valence-corrected chi connectivity index (χ3v) is 6.41. The molecule has 0 bridgehead atoms. The first-order chi connectivity index (χ1) is 16.2. The van der Waals surface area contributed by atoms with Gasteiger partial charge in [-0.3, -0.25) is 4.79 Å². The average molecular weight is 482 g/mol. The number of methoxy groups -OCH3 is 1. The number of thiazole rings is 1. The molecule has 0 fully saturated rings. The van der Waals surface area contributed by atoms with Crippen LogP contribution in [-0.4, -0.2) is 38.5 Å². The third-order valence-electron chi connectivity index (χ3n) is 4.69. The highest BCUT2D eigenvalue weighted by atomic mass is 32.2. The maximum Gasteiger partial charge on any atom is 0.236 e. The molecule has 0 unspecified atom stereocenters. The molecule has 33 heavy (non-hydrogen) atoms. The van der Waals surface area contributed by atoms with Gasteiger partial charge < -0.3 is 19.4 Å². The zero-order valence-corrected chi connectivity index (χ0v) is 19.9. The van der Waals surface area contributed by atoms with E-state index < -0.39 is 0 Å². The first-order valence-electron chi connectivity index (χ1n) is 10.3. The lowest BCUT2D eigenvalue weighted by atomic mass is 10.2. The Hall–Kier alpha value is -3.37. The van der Waals surface area contributed by atoms with Crippen molar-refractivity contribution in [3.05, 3.63) is 65.8 Å². The molecule has 4 aromatic rings. The summed E-state index contributed by atoms with van der Waals surface area (Å²) in [5, 5.41) is 14.5. The second-order valence-corrected chi connectivity index (χ2v) is 8.65. The van der Waals surface area contributed by atoms with Gasteiger partial charge in [0, 0.05) is 17.5 Å². The summed E-state index contributed by atoms with van der Waals surface area (Å²) in [7, 11) is 1.62. The standard InChI is InChI=1S/C23H23N5O3S2/c1-3-28-20(13-31-18-11-9-17(30-2)10-12-18)26-27-23(28)33-15-21(29)25-22-24-19(14-32-22)16-7-5-4-6-8-16/h4-12,14H,3,13,15H2,1-2H3,(H,24,25,29). The van der Waals surface area contributed by atoms with Crippen LogP contribution >= 0.6 is 23.1 Å². The van der Waals surface area contributed by atoms with Crippen molar-refractivity contribution in [1.29, 1.82) is 0 Å². The SMILES string of the molecule is CCn1c(COc2ccc(OC)cc2)nnc1SCC(=O)Nc1nc(-c2ccccc2)cs1. The van der Waals surface area contributed by atoms with E-state index in [1.807, 2.05) is 71.5 Å². The molecule has 0 aliphatic carbocycles. The Morgan fingerprint density at radius 3 is 2.58 bits per heavy atom. The number of hydrogen-bond donors (Lipinski definition) is 1. The van der Waals surface area contributed by atoms with Crippen LogP contribution in [0.15, 0.2) is 65.1 Å². The maximum atomic E-state index is 12.4. The summed E-state index contributed by atoms with van der Waals surface area (Å²) in [5.41, 5.74) is 1.86. The fraction of sp³-hybridized carbons (Fsp3) is 0.217. The van der Waals surface area contributed by atoms with Crippen molar-refractivity contribution in [2.75, 3.05) is 18.2 Å². The molecule has 0 aliphatic heterocycles. The molecule has 2 aromatic carbocycles. The maximum absolute atomic E-state index is 12.4. The molecule has 2 heterocycles. The van der Waals surface area contributed by atoms with Gasteiger partial charge in [-0.25, -0.2) is 4.98 Å². The number of carbonyl (C=O) groups excluding carboxylic acids is 1. The number of hydrogen-bond acceptors (Lipinski definition) is 8. The van der Waals surface area contributed by atoms with Gasteiger partial charge in [0.2, 0.25) is 5.91 Å².